The molecular weight excluding hydrogens is 282 g/mol. The molecule has 1 aliphatic rings. The molecule has 1 amide bonds. The van der Waals surface area contributed by atoms with Crippen LogP contribution < -0.4 is 4.74 Å². The number of ether oxygens (including phenoxy) is 2. The molecule has 1 heterocycles. The zero-order chi connectivity index (χ0) is 16.3. The van der Waals surface area contributed by atoms with Crippen molar-refractivity contribution in [2.75, 3.05) is 13.7 Å². The topological polar surface area (TPSA) is 59.0 Å². The van der Waals surface area contributed by atoms with E-state index in [2.05, 4.69) is 0 Å². The molecule has 1 N–H and O–H groups in total. The number of methoxy groups -OCH3 is 1. The second-order valence-corrected chi connectivity index (χ2v) is 6.24. The van der Waals surface area contributed by atoms with Crippen LogP contribution in [0.5, 0.6) is 5.75 Å². The Hall–Kier alpha value is -2.01. The average molecular weight is 305 g/mol. The van der Waals surface area contributed by atoms with Crippen LogP contribution in [-0.2, 0) is 4.74 Å². The molecule has 1 unspecified atom stereocenters. The Morgan fingerprint density at radius 3 is 2.36 bits per heavy atom. The van der Waals surface area contributed by atoms with Crippen molar-refractivity contribution in [1.82, 2.24) is 4.90 Å². The number of aliphatic hydroxyl groups excluding tert-OH is 1. The molecule has 120 valence electrons. The maximum atomic E-state index is 12.5. The third-order valence-electron chi connectivity index (χ3n) is 3.42. The van der Waals surface area contributed by atoms with Gasteiger partial charge in [-0.05, 0) is 38.5 Å². The lowest BCUT2D eigenvalue weighted by Crippen LogP contribution is -2.43. The highest BCUT2D eigenvalue weighted by Gasteiger charge is 2.36. The van der Waals surface area contributed by atoms with Crippen LogP contribution in [0.2, 0.25) is 0 Å². The maximum absolute atomic E-state index is 12.5. The summed E-state index contributed by atoms with van der Waals surface area (Å²) >= 11 is 0. The number of nitrogens with zero attached hydrogens (tertiary/aromatic N) is 1. The van der Waals surface area contributed by atoms with Gasteiger partial charge >= 0.3 is 6.09 Å². The molecule has 0 saturated carbocycles. The lowest BCUT2D eigenvalue weighted by atomic mass is 10.1. The summed E-state index contributed by atoms with van der Waals surface area (Å²) in [6, 6.07) is 6.89. The molecule has 1 aromatic carbocycles. The van der Waals surface area contributed by atoms with Gasteiger partial charge in [-0.1, -0.05) is 24.3 Å². The summed E-state index contributed by atoms with van der Waals surface area (Å²) in [6.45, 7) is 5.34. The Kier molecular flexibility index (Phi) is 4.76. The SMILES string of the molecule is COc1ccc(C2C=C[C@@H](CO)N2C(=O)OC(C)(C)C)cc1. The molecule has 0 bridgehead atoms. The average Bonchev–Trinajstić information content (AvgIpc) is 2.89. The molecule has 22 heavy (non-hydrogen) atoms. The first kappa shape index (κ1) is 16.4. The van der Waals surface area contributed by atoms with Crippen LogP contribution in [0.4, 0.5) is 4.79 Å². The van der Waals surface area contributed by atoms with E-state index in [9.17, 15) is 9.90 Å². The number of carbonyl (C=O) groups is 1. The second kappa shape index (κ2) is 6.40. The number of benzene rings is 1. The Balaban J connectivity index is 2.24. The number of carbonyl (C=O) groups excluding carboxylic acids is 1. The molecule has 0 aliphatic carbocycles. The third kappa shape index (κ3) is 3.60. The molecule has 5 heteroatoms. The summed E-state index contributed by atoms with van der Waals surface area (Å²) in [5, 5.41) is 9.51. The van der Waals surface area contributed by atoms with Crippen molar-refractivity contribution in [1.29, 1.82) is 0 Å². The number of aliphatic hydroxyl groups is 1. The van der Waals surface area contributed by atoms with Crippen LogP contribution in [0.3, 0.4) is 0 Å². The van der Waals surface area contributed by atoms with Gasteiger partial charge in [-0.15, -0.1) is 0 Å². The first-order valence-corrected chi connectivity index (χ1v) is 7.30. The standard InChI is InChI=1S/C17H23NO4/c1-17(2,3)22-16(20)18-13(11-19)7-10-15(18)12-5-8-14(21-4)9-6-12/h5-10,13,15,19H,11H2,1-4H3/t13-,15?/m0/s1. The van der Waals surface area contributed by atoms with Gasteiger partial charge in [0.2, 0.25) is 0 Å². The van der Waals surface area contributed by atoms with Gasteiger partial charge in [0.25, 0.3) is 0 Å². The van der Waals surface area contributed by atoms with E-state index < -0.39 is 11.7 Å². The fraction of sp³-hybridized carbons (Fsp3) is 0.471. The van der Waals surface area contributed by atoms with Crippen molar-refractivity contribution in [3.8, 4) is 5.75 Å². The lowest BCUT2D eigenvalue weighted by Gasteiger charge is -2.32. The highest BCUT2D eigenvalue weighted by molar-refractivity contribution is 5.71. The summed E-state index contributed by atoms with van der Waals surface area (Å²) < 4.78 is 10.6. The van der Waals surface area contributed by atoms with Crippen LogP contribution in [0.25, 0.3) is 0 Å². The minimum absolute atomic E-state index is 0.137. The number of rotatable bonds is 3. The molecular formula is C17H23NO4. The predicted octanol–water partition coefficient (Wildman–Crippen LogP) is 2.90. The van der Waals surface area contributed by atoms with Gasteiger partial charge in [-0.3, -0.25) is 4.90 Å². The zero-order valence-electron chi connectivity index (χ0n) is 13.4. The number of hydrogen-bond acceptors (Lipinski definition) is 4. The number of amides is 1. The minimum Gasteiger partial charge on any atom is -0.497 e. The summed E-state index contributed by atoms with van der Waals surface area (Å²) in [6.07, 6.45) is 3.31. The van der Waals surface area contributed by atoms with E-state index >= 15 is 0 Å². The quantitative estimate of drug-likeness (QED) is 0.872. The molecule has 2 atom stereocenters. The van der Waals surface area contributed by atoms with Crippen LogP contribution in [0.15, 0.2) is 36.4 Å². The molecule has 5 nitrogen and oxygen atoms in total. The monoisotopic (exact) mass is 305 g/mol. The lowest BCUT2D eigenvalue weighted by molar-refractivity contribution is 0.0114. The van der Waals surface area contributed by atoms with Gasteiger partial charge in [0.05, 0.1) is 25.8 Å². The zero-order valence-corrected chi connectivity index (χ0v) is 13.4. The van der Waals surface area contributed by atoms with Gasteiger partial charge < -0.3 is 14.6 Å². The van der Waals surface area contributed by atoms with Gasteiger partial charge in [0.1, 0.15) is 11.4 Å². The molecule has 0 radical (unpaired) electrons. The first-order valence-electron chi connectivity index (χ1n) is 7.30. The van der Waals surface area contributed by atoms with Gasteiger partial charge in [0, 0.05) is 0 Å². The van der Waals surface area contributed by atoms with Crippen molar-refractivity contribution in [2.45, 2.75) is 38.5 Å². The molecule has 2 rings (SSSR count). The van der Waals surface area contributed by atoms with Crippen molar-refractivity contribution in [3.63, 3.8) is 0 Å². The van der Waals surface area contributed by atoms with Crippen LogP contribution in [-0.4, -0.2) is 41.5 Å². The molecule has 0 fully saturated rings. The van der Waals surface area contributed by atoms with Crippen molar-refractivity contribution < 1.29 is 19.4 Å². The Morgan fingerprint density at radius 1 is 1.23 bits per heavy atom. The molecule has 0 aromatic heterocycles. The fourth-order valence-electron chi connectivity index (χ4n) is 2.41. The van der Waals surface area contributed by atoms with Crippen LogP contribution in [0, 0.1) is 0 Å². The predicted molar refractivity (Wildman–Crippen MR) is 83.8 cm³/mol. The smallest absolute Gasteiger partial charge is 0.411 e. The first-order chi connectivity index (χ1) is 10.4. The van der Waals surface area contributed by atoms with Crippen molar-refractivity contribution >= 4 is 6.09 Å². The van der Waals surface area contributed by atoms with Gasteiger partial charge in [-0.25, -0.2) is 4.79 Å². The van der Waals surface area contributed by atoms with E-state index in [0.717, 1.165) is 11.3 Å². The largest absolute Gasteiger partial charge is 0.497 e. The van der Waals surface area contributed by atoms with Crippen molar-refractivity contribution in [3.05, 3.63) is 42.0 Å². The van der Waals surface area contributed by atoms with E-state index in [4.69, 9.17) is 9.47 Å². The van der Waals surface area contributed by atoms with E-state index in [1.54, 1.807) is 12.0 Å². The summed E-state index contributed by atoms with van der Waals surface area (Å²) in [4.78, 5) is 14.0. The van der Waals surface area contributed by atoms with E-state index in [1.165, 1.54) is 0 Å². The highest BCUT2D eigenvalue weighted by atomic mass is 16.6. The van der Waals surface area contributed by atoms with Crippen molar-refractivity contribution in [2.24, 2.45) is 0 Å². The summed E-state index contributed by atoms with van der Waals surface area (Å²) in [7, 11) is 1.61. The van der Waals surface area contributed by atoms with Gasteiger partial charge in [-0.2, -0.15) is 0 Å². The molecule has 1 aliphatic heterocycles. The van der Waals surface area contributed by atoms with Gasteiger partial charge in [0.15, 0.2) is 0 Å². The maximum Gasteiger partial charge on any atom is 0.411 e. The highest BCUT2D eigenvalue weighted by Crippen LogP contribution is 2.32. The van der Waals surface area contributed by atoms with Crippen LogP contribution in [0.1, 0.15) is 32.4 Å². The second-order valence-electron chi connectivity index (χ2n) is 6.24. The molecule has 0 spiro atoms. The Bertz CT molecular complexity index is 545. The third-order valence-corrected chi connectivity index (χ3v) is 3.42. The number of hydrogen-bond donors (Lipinski definition) is 1. The van der Waals surface area contributed by atoms with E-state index in [1.807, 2.05) is 57.2 Å². The van der Waals surface area contributed by atoms with E-state index in [0.29, 0.717) is 0 Å². The fourth-order valence-corrected chi connectivity index (χ4v) is 2.41. The summed E-state index contributed by atoms with van der Waals surface area (Å²) in [5.74, 6) is 0.758. The molecule has 1 aromatic rings. The van der Waals surface area contributed by atoms with E-state index in [-0.39, 0.29) is 18.7 Å². The Labute approximate surface area is 131 Å². The van der Waals surface area contributed by atoms with Crippen LogP contribution >= 0.6 is 0 Å². The molecule has 0 saturated heterocycles. The minimum atomic E-state index is -0.579. The Morgan fingerprint density at radius 2 is 1.86 bits per heavy atom. The normalized spacial score (nSPS) is 21.0. The summed E-state index contributed by atoms with van der Waals surface area (Å²) in [5.41, 5.74) is 0.364.